The third kappa shape index (κ3) is 5.93. The Morgan fingerprint density at radius 3 is 2.81 bits per heavy atom. The predicted octanol–water partition coefficient (Wildman–Crippen LogP) is 2.81. The van der Waals surface area contributed by atoms with Gasteiger partial charge < -0.3 is 20.3 Å². The monoisotopic (exact) mass is 427 g/mol. The average molecular weight is 428 g/mol. The number of amides is 2. The Bertz CT molecular complexity index is 1030. The van der Waals surface area contributed by atoms with Crippen molar-refractivity contribution >= 4 is 22.7 Å². The van der Waals surface area contributed by atoms with Crippen molar-refractivity contribution in [2.75, 3.05) is 13.2 Å². The van der Waals surface area contributed by atoms with Gasteiger partial charge in [-0.15, -0.1) is 0 Å². The Labute approximate surface area is 180 Å². The summed E-state index contributed by atoms with van der Waals surface area (Å²) >= 11 is 0. The second-order valence-corrected chi connectivity index (χ2v) is 7.52. The number of nitrogens with one attached hydrogen (secondary N) is 3. The predicted molar refractivity (Wildman–Crippen MR) is 116 cm³/mol. The van der Waals surface area contributed by atoms with E-state index in [1.807, 2.05) is 31.4 Å². The van der Waals surface area contributed by atoms with E-state index in [9.17, 15) is 9.59 Å². The van der Waals surface area contributed by atoms with Crippen molar-refractivity contribution in [2.24, 2.45) is 13.0 Å². The maximum atomic E-state index is 12.4. The summed E-state index contributed by atoms with van der Waals surface area (Å²) < 4.78 is 7.44. The van der Waals surface area contributed by atoms with Gasteiger partial charge in [-0.25, -0.2) is 5.48 Å². The van der Waals surface area contributed by atoms with Gasteiger partial charge in [-0.3, -0.25) is 14.3 Å². The lowest BCUT2D eigenvalue weighted by Gasteiger charge is -2.16. The van der Waals surface area contributed by atoms with Gasteiger partial charge in [0.25, 0.3) is 5.91 Å². The van der Waals surface area contributed by atoms with Crippen molar-refractivity contribution in [1.82, 2.24) is 25.9 Å². The Morgan fingerprint density at radius 1 is 1.19 bits per heavy atom. The topological polar surface area (TPSA) is 121 Å². The molecule has 9 nitrogen and oxygen atoms in total. The van der Waals surface area contributed by atoms with Gasteiger partial charge in [0, 0.05) is 30.7 Å². The molecule has 0 saturated carbocycles. The van der Waals surface area contributed by atoms with E-state index in [4.69, 9.17) is 9.62 Å². The van der Waals surface area contributed by atoms with E-state index >= 15 is 0 Å². The fourth-order valence-electron chi connectivity index (χ4n) is 3.43. The van der Waals surface area contributed by atoms with Crippen LogP contribution in [0.3, 0.4) is 0 Å². The molecule has 1 atom stereocenters. The summed E-state index contributed by atoms with van der Waals surface area (Å²) in [7, 11) is 1.86. The van der Waals surface area contributed by atoms with E-state index in [1.165, 1.54) is 0 Å². The van der Waals surface area contributed by atoms with Crippen molar-refractivity contribution < 1.29 is 19.2 Å². The quantitative estimate of drug-likeness (QED) is 0.212. The zero-order valence-electron chi connectivity index (χ0n) is 17.9. The molecule has 0 aliphatic rings. The minimum absolute atomic E-state index is 0.0245. The molecule has 0 bridgehead atoms. The van der Waals surface area contributed by atoms with Crippen molar-refractivity contribution in [1.29, 1.82) is 0 Å². The first-order chi connectivity index (χ1) is 15.0. The second kappa shape index (κ2) is 10.7. The fraction of sp³-hybridized carbons (Fsp3) is 0.409. The van der Waals surface area contributed by atoms with Crippen molar-refractivity contribution in [3.05, 3.63) is 42.3 Å². The van der Waals surface area contributed by atoms with Crippen LogP contribution >= 0.6 is 0 Å². The van der Waals surface area contributed by atoms with Gasteiger partial charge in [-0.05, 0) is 24.6 Å². The first-order valence-corrected chi connectivity index (χ1v) is 10.5. The maximum Gasteiger partial charge on any atom is 0.288 e. The number of carbonyl (C=O) groups excluding carboxylic acids is 2. The summed E-state index contributed by atoms with van der Waals surface area (Å²) in [6, 6.07) is 9.10. The highest BCUT2D eigenvalue weighted by Crippen LogP contribution is 2.25. The number of furan rings is 1. The molecule has 3 rings (SSSR count). The number of unbranched alkanes of at least 4 members (excludes halogenated alkanes) is 2. The van der Waals surface area contributed by atoms with E-state index in [1.54, 1.807) is 16.8 Å². The molecule has 166 valence electrons. The molecule has 0 aliphatic carbocycles. The van der Waals surface area contributed by atoms with Crippen LogP contribution in [0.4, 0.5) is 0 Å². The van der Waals surface area contributed by atoms with Crippen LogP contribution in [0.25, 0.3) is 22.2 Å². The van der Waals surface area contributed by atoms with E-state index in [2.05, 4.69) is 28.1 Å². The summed E-state index contributed by atoms with van der Waals surface area (Å²) in [5.74, 6) is -0.283. The largest absolute Gasteiger partial charge is 0.451 e. The molecule has 4 N–H and O–H groups in total. The van der Waals surface area contributed by atoms with Crippen LogP contribution in [0.5, 0.6) is 0 Å². The van der Waals surface area contributed by atoms with Gasteiger partial charge in [0.2, 0.25) is 5.91 Å². The van der Waals surface area contributed by atoms with E-state index < -0.39 is 5.91 Å². The number of carbonyl (C=O) groups is 2. The van der Waals surface area contributed by atoms with Gasteiger partial charge in [-0.2, -0.15) is 5.10 Å². The minimum Gasteiger partial charge on any atom is -0.451 e. The Hall–Kier alpha value is -3.17. The lowest BCUT2D eigenvalue weighted by atomic mass is 10.0. The first kappa shape index (κ1) is 22.5. The summed E-state index contributed by atoms with van der Waals surface area (Å²) in [6.07, 6.45) is 5.59. The van der Waals surface area contributed by atoms with E-state index in [0.717, 1.165) is 35.7 Å². The van der Waals surface area contributed by atoms with Gasteiger partial charge in [0.15, 0.2) is 5.76 Å². The van der Waals surface area contributed by atoms with Gasteiger partial charge in [0.05, 0.1) is 18.1 Å². The van der Waals surface area contributed by atoms with Gasteiger partial charge in [0.1, 0.15) is 5.76 Å². The van der Waals surface area contributed by atoms with Crippen LogP contribution in [0.1, 0.15) is 43.2 Å². The molecule has 1 aromatic carbocycles. The smallest absolute Gasteiger partial charge is 0.288 e. The van der Waals surface area contributed by atoms with Crippen molar-refractivity contribution in [3.63, 3.8) is 0 Å². The number of rotatable bonds is 11. The van der Waals surface area contributed by atoms with Crippen molar-refractivity contribution in [3.8, 4) is 11.3 Å². The summed E-state index contributed by atoms with van der Waals surface area (Å²) in [5.41, 5.74) is 3.73. The summed E-state index contributed by atoms with van der Waals surface area (Å²) in [5, 5.41) is 19.7. The lowest BCUT2D eigenvalue weighted by molar-refractivity contribution is -0.125. The Kier molecular flexibility index (Phi) is 7.80. The van der Waals surface area contributed by atoms with Crippen LogP contribution in [-0.4, -0.2) is 40.0 Å². The molecule has 0 saturated heterocycles. The number of benzene rings is 1. The normalized spacial score (nSPS) is 12.1. The number of aromatic nitrogens is 2. The molecule has 31 heavy (non-hydrogen) atoms. The minimum atomic E-state index is -0.423. The molecule has 3 aromatic rings. The molecule has 0 aliphatic heterocycles. The number of fused-ring (bicyclic) bond motifs is 1. The average Bonchev–Trinajstić information content (AvgIpc) is 3.38. The third-order valence-electron chi connectivity index (χ3n) is 5.11. The molecule has 9 heteroatoms. The molecular formula is C22H29N5O4. The molecule has 2 heterocycles. The van der Waals surface area contributed by atoms with Gasteiger partial charge in [-0.1, -0.05) is 38.3 Å². The molecule has 1 unspecified atom stereocenters. The highest BCUT2D eigenvalue weighted by molar-refractivity contribution is 5.92. The molecule has 0 radical (unpaired) electrons. The van der Waals surface area contributed by atoms with Crippen LogP contribution in [-0.2, 0) is 11.8 Å². The highest BCUT2D eigenvalue weighted by atomic mass is 16.5. The summed E-state index contributed by atoms with van der Waals surface area (Å²) in [4.78, 5) is 24.7. The molecular weight excluding hydrogens is 398 g/mol. The van der Waals surface area contributed by atoms with Crippen LogP contribution in [0.15, 0.2) is 40.9 Å². The highest BCUT2D eigenvalue weighted by Gasteiger charge is 2.18. The maximum absolute atomic E-state index is 12.4. The fourth-order valence-corrected chi connectivity index (χ4v) is 3.43. The first-order valence-electron chi connectivity index (χ1n) is 10.5. The zero-order valence-corrected chi connectivity index (χ0v) is 17.9. The molecule has 0 spiro atoms. The van der Waals surface area contributed by atoms with Gasteiger partial charge >= 0.3 is 0 Å². The third-order valence-corrected chi connectivity index (χ3v) is 5.11. The standard InChI is InChI=1S/C22H29N5O4/c1-3-4-5-6-16(12-25-30)21(28)23-14-24-22(29)20-10-9-19(31-20)15-7-8-17-13-27(2)26-18(17)11-15/h7-11,13,16,25,30H,3-6,12,14H2,1-2H3,(H,23,28)(H,24,29). The van der Waals surface area contributed by atoms with E-state index in [-0.39, 0.29) is 30.8 Å². The number of hydroxylamine groups is 1. The summed E-state index contributed by atoms with van der Waals surface area (Å²) in [6.45, 7) is 2.24. The lowest BCUT2D eigenvalue weighted by Crippen LogP contribution is -2.42. The van der Waals surface area contributed by atoms with Crippen molar-refractivity contribution in [2.45, 2.75) is 32.6 Å². The number of hydrogen-bond acceptors (Lipinski definition) is 6. The number of hydrogen-bond donors (Lipinski definition) is 4. The Balaban J connectivity index is 1.53. The van der Waals surface area contributed by atoms with Crippen LogP contribution < -0.4 is 16.1 Å². The number of nitrogens with zero attached hydrogens (tertiary/aromatic N) is 2. The molecule has 0 fully saturated rings. The van der Waals surface area contributed by atoms with E-state index in [0.29, 0.717) is 12.2 Å². The second-order valence-electron chi connectivity index (χ2n) is 7.52. The van der Waals surface area contributed by atoms with Crippen LogP contribution in [0, 0.1) is 5.92 Å². The Morgan fingerprint density at radius 2 is 2.03 bits per heavy atom. The van der Waals surface area contributed by atoms with Crippen LogP contribution in [0.2, 0.25) is 0 Å². The zero-order chi connectivity index (χ0) is 22.2. The number of aryl methyl sites for hydroxylation is 1. The molecule has 2 amide bonds. The molecule has 2 aromatic heterocycles. The SMILES string of the molecule is CCCCCC(CNO)C(=O)NCNC(=O)c1ccc(-c2ccc3cn(C)nc3c2)o1.